The van der Waals surface area contributed by atoms with Crippen LogP contribution in [0.2, 0.25) is 18.1 Å². The molecule has 0 N–H and O–H groups in total. The molecule has 0 radical (unpaired) electrons. The van der Waals surface area contributed by atoms with Crippen molar-refractivity contribution in [3.05, 3.63) is 83.9 Å². The Morgan fingerprint density at radius 2 is 1.57 bits per heavy atom. The summed E-state index contributed by atoms with van der Waals surface area (Å²) in [4.78, 5) is 31.9. The molecule has 1 aliphatic rings. The predicted molar refractivity (Wildman–Crippen MR) is 163 cm³/mol. The number of hydroxylamine groups is 1. The first-order chi connectivity index (χ1) is 19.0. The fourth-order valence-corrected chi connectivity index (χ4v) is 5.74. The van der Waals surface area contributed by atoms with Gasteiger partial charge in [-0.15, -0.1) is 0 Å². The molecule has 0 spiro atoms. The number of rotatable bonds is 9. The Labute approximate surface area is 238 Å². The zero-order valence-electron chi connectivity index (χ0n) is 24.3. The number of likely N-dealkylation sites (tertiary alicyclic amines) is 1. The van der Waals surface area contributed by atoms with Gasteiger partial charge in [0.1, 0.15) is 0 Å². The second-order valence-electron chi connectivity index (χ2n) is 12.1. The monoisotopic (exact) mass is 556 g/mol. The van der Waals surface area contributed by atoms with E-state index in [1.54, 1.807) is 4.90 Å². The van der Waals surface area contributed by atoms with Crippen LogP contribution < -0.4 is 5.06 Å². The quantitative estimate of drug-likeness (QED) is 0.0711. The molecule has 1 heterocycles. The third-order valence-corrected chi connectivity index (χ3v) is 12.4. The number of anilines is 1. The lowest BCUT2D eigenvalue weighted by Crippen LogP contribution is -2.49. The van der Waals surface area contributed by atoms with Crippen molar-refractivity contribution in [2.75, 3.05) is 18.2 Å². The highest BCUT2D eigenvalue weighted by atomic mass is 28.4. The maximum absolute atomic E-state index is 13.8. The molecular weight excluding hydrogens is 516 g/mol. The maximum Gasteiger partial charge on any atom is 0.421 e. The lowest BCUT2D eigenvalue weighted by molar-refractivity contribution is -0.133. The molecule has 210 valence electrons. The Kier molecular flexibility index (Phi) is 9.04. The van der Waals surface area contributed by atoms with E-state index in [0.717, 1.165) is 41.3 Å². The molecule has 1 atom stereocenters. The minimum Gasteiger partial charge on any atom is -0.360 e. The summed E-state index contributed by atoms with van der Waals surface area (Å²) in [6.07, 6.45) is 2.70. The number of piperidine rings is 1. The average molecular weight is 557 g/mol. The minimum absolute atomic E-state index is 0.0964. The van der Waals surface area contributed by atoms with Crippen LogP contribution in [-0.2, 0) is 14.1 Å². The van der Waals surface area contributed by atoms with Gasteiger partial charge in [-0.05, 0) is 71.9 Å². The first kappa shape index (κ1) is 29.4. The van der Waals surface area contributed by atoms with E-state index in [4.69, 9.17) is 4.53 Å². The minimum atomic E-state index is -2.38. The molecule has 7 nitrogen and oxygen atoms in total. The summed E-state index contributed by atoms with van der Waals surface area (Å²) in [6, 6.07) is 23.4. The fraction of sp³-hybridized carbons (Fsp3) is 0.406. The Bertz CT molecular complexity index is 1400. The molecule has 3 aromatic carbocycles. The second kappa shape index (κ2) is 12.3. The highest BCUT2D eigenvalue weighted by Gasteiger charge is 2.43. The number of benzene rings is 3. The summed E-state index contributed by atoms with van der Waals surface area (Å²) in [5.41, 5.74) is 11.1. The highest BCUT2D eigenvalue weighted by molar-refractivity contribution is 6.74. The topological polar surface area (TPSA) is 86.2 Å². The largest absolute Gasteiger partial charge is 0.421 e. The molecule has 0 saturated carbocycles. The van der Waals surface area contributed by atoms with Crippen molar-refractivity contribution in [1.82, 2.24) is 4.90 Å². The number of hydrogen-bond donors (Lipinski definition) is 0. The Balaban J connectivity index is 1.79. The molecule has 1 aliphatic heterocycles. The Hall–Kier alpha value is -3.58. The van der Waals surface area contributed by atoms with Crippen LogP contribution in [0.3, 0.4) is 0 Å². The van der Waals surface area contributed by atoms with Gasteiger partial charge >= 0.3 is 11.6 Å². The predicted octanol–water partition coefficient (Wildman–Crippen LogP) is 6.97. The average Bonchev–Trinajstić information content (AvgIpc) is 2.95. The van der Waals surface area contributed by atoms with E-state index in [9.17, 15) is 15.1 Å². The van der Waals surface area contributed by atoms with E-state index in [1.165, 1.54) is 0 Å². The number of hydrogen-bond acceptors (Lipinski definition) is 4. The number of ketones is 1. The molecule has 1 amide bonds. The number of para-hydroxylation sites is 1. The number of fused-ring (bicyclic) bond motifs is 1. The van der Waals surface area contributed by atoms with Gasteiger partial charge in [0.15, 0.2) is 0 Å². The molecular formula is C32H40N4O3Si. The van der Waals surface area contributed by atoms with Crippen molar-refractivity contribution in [3.63, 3.8) is 0 Å². The normalized spacial score (nSPS) is 14.9. The SMILES string of the molecule is CC(C)(C)[Si](C)(C)ON(c1ccccc1)C(CC(=O)C(=[N+]=[N-])C(=O)N1CCCCC1)c1ccc2ccccc2c1. The molecule has 1 saturated heterocycles. The van der Waals surface area contributed by atoms with Crippen LogP contribution in [0.25, 0.3) is 16.3 Å². The van der Waals surface area contributed by atoms with E-state index >= 15 is 0 Å². The van der Waals surface area contributed by atoms with Gasteiger partial charge in [-0.2, -0.15) is 4.79 Å². The highest BCUT2D eigenvalue weighted by Crippen LogP contribution is 2.41. The Morgan fingerprint density at radius 1 is 0.950 bits per heavy atom. The van der Waals surface area contributed by atoms with E-state index in [1.807, 2.05) is 71.8 Å². The van der Waals surface area contributed by atoms with E-state index in [2.05, 4.69) is 44.7 Å². The van der Waals surface area contributed by atoms with Crippen molar-refractivity contribution >= 4 is 42.2 Å². The smallest absolute Gasteiger partial charge is 0.360 e. The number of carbonyl (C=O) groups is 2. The van der Waals surface area contributed by atoms with E-state index in [0.29, 0.717) is 13.1 Å². The number of carbonyl (C=O) groups excluding carboxylic acids is 2. The number of Topliss-reactive ketones (excluding diaryl/α,β-unsaturated/α-hetero) is 1. The van der Waals surface area contributed by atoms with Crippen LogP contribution in [0.1, 0.15) is 58.1 Å². The first-order valence-electron chi connectivity index (χ1n) is 14.1. The second-order valence-corrected chi connectivity index (χ2v) is 16.8. The van der Waals surface area contributed by atoms with Crippen LogP contribution in [0.4, 0.5) is 5.69 Å². The lowest BCUT2D eigenvalue weighted by atomic mass is 9.95. The molecule has 40 heavy (non-hydrogen) atoms. The molecule has 3 aromatic rings. The molecule has 0 bridgehead atoms. The molecule has 4 rings (SSSR count). The number of nitrogens with zero attached hydrogens (tertiary/aromatic N) is 4. The first-order valence-corrected chi connectivity index (χ1v) is 17.0. The molecule has 1 fully saturated rings. The van der Waals surface area contributed by atoms with Crippen molar-refractivity contribution in [2.45, 2.75) is 70.6 Å². The standard InChI is InChI=1S/C32H40N4O3Si/c1-32(2,3)40(4,5)39-36(27-16-8-6-9-17-27)28(26-19-18-24-14-10-11-15-25(24)22-26)23-29(37)30(34-33)31(38)35-20-12-7-13-21-35/h6,8-11,14-19,22,28H,7,12-13,20-21,23H2,1-5H3. The summed E-state index contributed by atoms with van der Waals surface area (Å²) < 4.78 is 6.93. The van der Waals surface area contributed by atoms with Gasteiger partial charge in [0.2, 0.25) is 8.32 Å². The van der Waals surface area contributed by atoms with Crippen LogP contribution in [0.5, 0.6) is 0 Å². The fourth-order valence-electron chi connectivity index (χ4n) is 4.74. The molecule has 0 aromatic heterocycles. The number of amides is 1. The van der Waals surface area contributed by atoms with Crippen LogP contribution in [-0.4, -0.2) is 48.5 Å². The summed E-state index contributed by atoms with van der Waals surface area (Å²) in [7, 11) is -2.38. The van der Waals surface area contributed by atoms with Crippen molar-refractivity contribution in [2.24, 2.45) is 0 Å². The molecule has 1 unspecified atom stereocenters. The van der Waals surface area contributed by atoms with Crippen molar-refractivity contribution in [1.29, 1.82) is 0 Å². The summed E-state index contributed by atoms with van der Waals surface area (Å²) in [5, 5.41) is 3.88. The van der Waals surface area contributed by atoms with Crippen molar-refractivity contribution < 1.29 is 18.9 Å². The Morgan fingerprint density at radius 3 is 2.20 bits per heavy atom. The van der Waals surface area contributed by atoms with E-state index < -0.39 is 31.8 Å². The van der Waals surface area contributed by atoms with Gasteiger partial charge in [-0.25, -0.2) is 0 Å². The lowest BCUT2D eigenvalue weighted by Gasteiger charge is -2.43. The zero-order valence-corrected chi connectivity index (χ0v) is 25.3. The van der Waals surface area contributed by atoms with Gasteiger partial charge in [-0.3, -0.25) is 14.7 Å². The molecule has 0 aliphatic carbocycles. The molecule has 8 heteroatoms. The van der Waals surface area contributed by atoms with Gasteiger partial charge in [-0.1, -0.05) is 75.4 Å². The van der Waals surface area contributed by atoms with Gasteiger partial charge in [0.25, 0.3) is 5.78 Å². The summed E-state index contributed by atoms with van der Waals surface area (Å²) in [5.74, 6) is -1.03. The zero-order chi connectivity index (χ0) is 28.9. The van der Waals surface area contributed by atoms with E-state index in [-0.39, 0.29) is 11.5 Å². The maximum atomic E-state index is 13.8. The van der Waals surface area contributed by atoms with Crippen LogP contribution in [0, 0.1) is 0 Å². The third-order valence-electron chi connectivity index (χ3n) is 8.17. The van der Waals surface area contributed by atoms with Gasteiger partial charge in [0, 0.05) is 19.5 Å². The summed E-state index contributed by atoms with van der Waals surface area (Å²) in [6.45, 7) is 12.0. The van der Waals surface area contributed by atoms with Crippen LogP contribution in [0.15, 0.2) is 72.8 Å². The third kappa shape index (κ3) is 6.58. The summed E-state index contributed by atoms with van der Waals surface area (Å²) >= 11 is 0. The van der Waals surface area contributed by atoms with Gasteiger partial charge < -0.3 is 15.0 Å². The van der Waals surface area contributed by atoms with Crippen LogP contribution >= 0.6 is 0 Å². The van der Waals surface area contributed by atoms with Gasteiger partial charge in [0.05, 0.1) is 11.7 Å². The van der Waals surface area contributed by atoms with Crippen molar-refractivity contribution in [3.8, 4) is 0 Å².